The van der Waals surface area contributed by atoms with E-state index < -0.39 is 14.2 Å². The van der Waals surface area contributed by atoms with Crippen LogP contribution in [0.3, 0.4) is 0 Å². The average Bonchev–Trinajstić information content (AvgIpc) is 2.82. The van der Waals surface area contributed by atoms with E-state index in [-0.39, 0.29) is 0 Å². The molecule has 0 atom stereocenters. The van der Waals surface area contributed by atoms with Crippen LogP contribution in [0.2, 0.25) is 0 Å². The van der Waals surface area contributed by atoms with Crippen molar-refractivity contribution in [2.24, 2.45) is 0 Å². The fraction of sp³-hybridized carbons (Fsp3) is 0.571. The van der Waals surface area contributed by atoms with Crippen LogP contribution in [0.4, 0.5) is 0 Å². The molecule has 0 aliphatic heterocycles. The molecule has 0 saturated heterocycles. The molecule has 0 unspecified atom stereocenters. The Bertz CT molecular complexity index is 853. The Morgan fingerprint density at radius 3 is 1.43 bits per heavy atom. The Kier molecular flexibility index (Phi) is 11.6. The van der Waals surface area contributed by atoms with Gasteiger partial charge in [0.2, 0.25) is 0 Å². The van der Waals surface area contributed by atoms with E-state index in [1.807, 2.05) is 12.1 Å². The molecular weight excluding hydrogens is 458 g/mol. The van der Waals surface area contributed by atoms with E-state index in [0.29, 0.717) is 13.2 Å². The third-order valence-corrected chi connectivity index (χ3v) is 6.70. The molecule has 0 aromatic heterocycles. The van der Waals surface area contributed by atoms with Crippen molar-refractivity contribution in [2.75, 3.05) is 40.9 Å². The van der Waals surface area contributed by atoms with E-state index in [1.165, 1.54) is 11.1 Å². The van der Waals surface area contributed by atoms with Crippen LogP contribution >= 0.6 is 6.83 Å². The number of methoxy groups -OCH3 is 2. The molecule has 35 heavy (non-hydrogen) atoms. The van der Waals surface area contributed by atoms with Gasteiger partial charge in [0.25, 0.3) is 0 Å². The first-order valence-electron chi connectivity index (χ1n) is 12.8. The first kappa shape index (κ1) is 29.6. The molecule has 2 rings (SSSR count). The van der Waals surface area contributed by atoms with Gasteiger partial charge in [-0.1, -0.05) is 0 Å². The van der Waals surface area contributed by atoms with Crippen LogP contribution in [-0.4, -0.2) is 48.2 Å². The third kappa shape index (κ3) is 10.9. The van der Waals surface area contributed by atoms with Crippen molar-refractivity contribution in [3.63, 3.8) is 0 Å². The summed E-state index contributed by atoms with van der Waals surface area (Å²) in [5.41, 5.74) is 4.79. The zero-order valence-corrected chi connectivity index (χ0v) is 24.1. The van der Waals surface area contributed by atoms with Gasteiger partial charge in [0.05, 0.1) is 0 Å². The summed E-state index contributed by atoms with van der Waals surface area (Å²) in [5.74, 6) is 1.74. The molecule has 0 N–H and O–H groups in total. The van der Waals surface area contributed by atoms with E-state index >= 15 is 0 Å². The Morgan fingerprint density at radius 1 is 0.657 bits per heavy atom. The summed E-state index contributed by atoms with van der Waals surface area (Å²) < 4.78 is 29.9. The van der Waals surface area contributed by atoms with Gasteiger partial charge in [-0.3, -0.25) is 0 Å². The molecule has 0 aliphatic carbocycles. The number of ether oxygens (including phenoxy) is 2. The molecule has 2 aromatic rings. The molecular formula is C28H46BO5P. The Hall–Kier alpha value is -1.59. The third-order valence-electron chi connectivity index (χ3n) is 5.68. The Balaban J connectivity index is 2.19. The van der Waals surface area contributed by atoms with Gasteiger partial charge in [0.15, 0.2) is 0 Å². The first-order valence-corrected chi connectivity index (χ1v) is 16.7. The molecule has 0 fully saturated rings. The molecule has 5 nitrogen and oxygen atoms in total. The SMILES string of the molecule is CCCCc1cc(OC)ccc1COB(OCc1ccc(OC)cc1CCCC)OP(C)(C)(C)C. The van der Waals surface area contributed by atoms with Crippen LogP contribution in [0.15, 0.2) is 36.4 Å². The minimum atomic E-state index is -2.36. The van der Waals surface area contributed by atoms with Crippen LogP contribution in [-0.2, 0) is 39.8 Å². The molecule has 0 heterocycles. The van der Waals surface area contributed by atoms with Crippen LogP contribution in [0, 0.1) is 0 Å². The minimum absolute atomic E-state index is 0.422. The molecule has 0 radical (unpaired) electrons. The molecule has 7 heteroatoms. The van der Waals surface area contributed by atoms with Crippen molar-refractivity contribution in [1.29, 1.82) is 0 Å². The zero-order chi connectivity index (χ0) is 25.9. The first-order chi connectivity index (χ1) is 16.5. The van der Waals surface area contributed by atoms with Crippen molar-refractivity contribution < 1.29 is 23.2 Å². The van der Waals surface area contributed by atoms with E-state index in [2.05, 4.69) is 64.8 Å². The predicted octanol–water partition coefficient (Wildman–Crippen LogP) is 7.11. The van der Waals surface area contributed by atoms with E-state index in [4.69, 9.17) is 23.2 Å². The van der Waals surface area contributed by atoms with Crippen molar-refractivity contribution in [2.45, 2.75) is 65.6 Å². The number of aryl methyl sites for hydroxylation is 2. The predicted molar refractivity (Wildman–Crippen MR) is 150 cm³/mol. The number of rotatable bonds is 16. The van der Waals surface area contributed by atoms with Crippen LogP contribution < -0.4 is 9.47 Å². The van der Waals surface area contributed by atoms with Gasteiger partial charge >= 0.3 is 214 Å². The van der Waals surface area contributed by atoms with Crippen molar-refractivity contribution in [3.8, 4) is 11.5 Å². The second-order valence-electron chi connectivity index (χ2n) is 10.9. The second kappa shape index (κ2) is 13.6. The van der Waals surface area contributed by atoms with Crippen molar-refractivity contribution in [1.82, 2.24) is 0 Å². The summed E-state index contributed by atoms with van der Waals surface area (Å²) in [6, 6.07) is 12.4. The molecule has 196 valence electrons. The summed E-state index contributed by atoms with van der Waals surface area (Å²) in [4.78, 5) is 0. The monoisotopic (exact) mass is 504 g/mol. The van der Waals surface area contributed by atoms with Gasteiger partial charge in [-0.2, -0.15) is 0 Å². The Labute approximate surface area is 214 Å². The van der Waals surface area contributed by atoms with Gasteiger partial charge < -0.3 is 0 Å². The normalized spacial score (nSPS) is 12.7. The molecule has 0 bridgehead atoms. The zero-order valence-electron chi connectivity index (χ0n) is 23.2. The average molecular weight is 504 g/mol. The number of hydrogen-bond acceptors (Lipinski definition) is 5. The standard InChI is InChI=1S/C28H46BO5P/c1-9-11-13-23-19-27(30-3)17-15-25(23)21-32-29(34-35(5,6,7)8)33-22-26-16-18-28(31-4)20-24(26)14-12-10-2/h15-20H,9-14,21-22H2,1-8H3. The fourth-order valence-electron chi connectivity index (χ4n) is 3.71. The van der Waals surface area contributed by atoms with Gasteiger partial charge in [-0.25, -0.2) is 0 Å². The van der Waals surface area contributed by atoms with E-state index in [9.17, 15) is 0 Å². The number of benzene rings is 2. The van der Waals surface area contributed by atoms with Gasteiger partial charge in [0.1, 0.15) is 0 Å². The number of unbranched alkanes of at least 4 members (excludes halogenated alkanes) is 2. The van der Waals surface area contributed by atoms with Crippen LogP contribution in [0.1, 0.15) is 61.8 Å². The van der Waals surface area contributed by atoms with Gasteiger partial charge in [-0.15, -0.1) is 0 Å². The quantitative estimate of drug-likeness (QED) is 0.180. The van der Waals surface area contributed by atoms with Crippen molar-refractivity contribution in [3.05, 3.63) is 58.7 Å². The summed E-state index contributed by atoms with van der Waals surface area (Å²) >= 11 is 0. The van der Waals surface area contributed by atoms with Crippen molar-refractivity contribution >= 4 is 14.2 Å². The van der Waals surface area contributed by atoms with Gasteiger partial charge in [0, 0.05) is 0 Å². The molecule has 0 saturated carbocycles. The fourth-order valence-corrected chi connectivity index (χ4v) is 4.52. The maximum atomic E-state index is 6.44. The van der Waals surface area contributed by atoms with Gasteiger partial charge in [-0.05, 0) is 0 Å². The second-order valence-corrected chi connectivity index (χ2v) is 17.9. The summed E-state index contributed by atoms with van der Waals surface area (Å²) in [6.45, 7) is 11.5. The van der Waals surface area contributed by atoms with Crippen LogP contribution in [0.25, 0.3) is 0 Å². The molecule has 0 amide bonds. The molecule has 0 spiro atoms. The summed E-state index contributed by atoms with van der Waals surface area (Å²) in [5, 5.41) is 0. The summed E-state index contributed by atoms with van der Waals surface area (Å²) in [6.07, 6.45) is 6.52. The maximum absolute atomic E-state index is 6.44. The summed E-state index contributed by atoms with van der Waals surface area (Å²) in [7, 11) is 2.66. The molecule has 0 aliphatic rings. The number of hydrogen-bond donors (Lipinski definition) is 0. The van der Waals surface area contributed by atoms with Crippen LogP contribution in [0.5, 0.6) is 11.5 Å². The van der Waals surface area contributed by atoms with E-state index in [0.717, 1.165) is 61.2 Å². The Morgan fingerprint density at radius 2 is 1.09 bits per heavy atom. The topological polar surface area (TPSA) is 46.2 Å². The van der Waals surface area contributed by atoms with E-state index in [1.54, 1.807) is 14.2 Å². The molecule has 2 aromatic carbocycles.